The van der Waals surface area contributed by atoms with Crippen molar-refractivity contribution in [1.82, 2.24) is 9.80 Å². The summed E-state index contributed by atoms with van der Waals surface area (Å²) in [7, 11) is 3.92. The number of nitrogens with zero attached hydrogens (tertiary/aromatic N) is 2. The lowest BCUT2D eigenvalue weighted by molar-refractivity contribution is -0.141. The number of likely N-dealkylation sites (tertiary alicyclic amines) is 2. The average molecular weight is 282 g/mol. The summed E-state index contributed by atoms with van der Waals surface area (Å²) >= 11 is 0. The number of hydrogen-bond donors (Lipinski definition) is 1. The van der Waals surface area contributed by atoms with Crippen LogP contribution in [0.15, 0.2) is 0 Å². The Balaban J connectivity index is 1.64. The van der Waals surface area contributed by atoms with Crippen LogP contribution in [0, 0.1) is 17.3 Å². The van der Waals surface area contributed by atoms with Crippen molar-refractivity contribution in [3.05, 3.63) is 0 Å². The van der Waals surface area contributed by atoms with Gasteiger partial charge in [-0.05, 0) is 26.3 Å². The first kappa shape index (κ1) is 14.3. The molecule has 0 aromatic heterocycles. The number of ether oxygens (including phenoxy) is 1. The maximum Gasteiger partial charge on any atom is 0.225 e. The van der Waals surface area contributed by atoms with E-state index in [1.807, 2.05) is 4.90 Å². The van der Waals surface area contributed by atoms with Gasteiger partial charge in [0, 0.05) is 50.5 Å². The average Bonchev–Trinajstić information content (AvgIpc) is 2.91. The Hall–Kier alpha value is -0.650. The highest BCUT2D eigenvalue weighted by Crippen LogP contribution is 2.44. The van der Waals surface area contributed by atoms with Gasteiger partial charge in [0.2, 0.25) is 5.91 Å². The van der Waals surface area contributed by atoms with E-state index < -0.39 is 0 Å². The summed E-state index contributed by atoms with van der Waals surface area (Å²) in [5.41, 5.74) is 0.225. The molecule has 3 aliphatic rings. The molecular weight excluding hydrogens is 256 g/mol. The number of aliphatic hydroxyl groups excluding tert-OH is 1. The van der Waals surface area contributed by atoms with Crippen molar-refractivity contribution in [3.63, 3.8) is 0 Å². The molecule has 2 heterocycles. The van der Waals surface area contributed by atoms with Crippen LogP contribution in [0.25, 0.3) is 0 Å². The smallest absolute Gasteiger partial charge is 0.225 e. The summed E-state index contributed by atoms with van der Waals surface area (Å²) in [4.78, 5) is 16.8. The van der Waals surface area contributed by atoms with E-state index in [0.717, 1.165) is 39.2 Å². The Morgan fingerprint density at radius 1 is 1.40 bits per heavy atom. The van der Waals surface area contributed by atoms with Gasteiger partial charge in [0.25, 0.3) is 0 Å². The predicted molar refractivity (Wildman–Crippen MR) is 75.2 cm³/mol. The molecule has 114 valence electrons. The number of methoxy groups -OCH3 is 1. The zero-order chi connectivity index (χ0) is 14.3. The highest BCUT2D eigenvalue weighted by atomic mass is 16.5. The fraction of sp³-hybridized carbons (Fsp3) is 0.933. The lowest BCUT2D eigenvalue weighted by Crippen LogP contribution is -2.44. The minimum atomic E-state index is -0.251. The largest absolute Gasteiger partial charge is 0.393 e. The zero-order valence-corrected chi connectivity index (χ0v) is 12.5. The molecule has 0 bridgehead atoms. The summed E-state index contributed by atoms with van der Waals surface area (Å²) in [6.07, 6.45) is 2.15. The van der Waals surface area contributed by atoms with E-state index in [0.29, 0.717) is 18.8 Å². The standard InChI is InChI=1S/C15H26N2O3/c1-16-7-12(8-20-2)15(9-16)3-4-17(10-15)14(19)11-5-13(18)6-11/h11-13,18H,3-10H2,1-2H3/t11?,12-,13?,15-/m1/s1. The van der Waals surface area contributed by atoms with E-state index in [-0.39, 0.29) is 23.3 Å². The third-order valence-corrected chi connectivity index (χ3v) is 5.51. The monoisotopic (exact) mass is 282 g/mol. The van der Waals surface area contributed by atoms with Gasteiger partial charge < -0.3 is 19.6 Å². The minimum absolute atomic E-state index is 0.0696. The fourth-order valence-corrected chi connectivity index (χ4v) is 4.33. The molecule has 5 nitrogen and oxygen atoms in total. The number of carbonyl (C=O) groups is 1. The fourth-order valence-electron chi connectivity index (χ4n) is 4.33. The number of hydrogen-bond acceptors (Lipinski definition) is 4. The first-order chi connectivity index (χ1) is 9.54. The van der Waals surface area contributed by atoms with Crippen LogP contribution in [0.4, 0.5) is 0 Å². The van der Waals surface area contributed by atoms with Gasteiger partial charge in [0.1, 0.15) is 0 Å². The van der Waals surface area contributed by atoms with Crippen molar-refractivity contribution in [2.24, 2.45) is 17.3 Å². The molecule has 20 heavy (non-hydrogen) atoms. The molecule has 0 aromatic carbocycles. The normalized spacial score (nSPS) is 41.4. The predicted octanol–water partition coefficient (Wildman–Crippen LogP) is 0.184. The minimum Gasteiger partial charge on any atom is -0.393 e. The molecule has 2 atom stereocenters. The molecule has 5 heteroatoms. The summed E-state index contributed by atoms with van der Waals surface area (Å²) < 4.78 is 5.39. The third-order valence-electron chi connectivity index (χ3n) is 5.51. The summed E-state index contributed by atoms with van der Waals surface area (Å²) in [6.45, 7) is 4.67. The molecule has 1 amide bonds. The number of carbonyl (C=O) groups excluding carboxylic acids is 1. The highest BCUT2D eigenvalue weighted by Gasteiger charge is 2.51. The Labute approximate surface area is 120 Å². The molecule has 2 aliphatic heterocycles. The van der Waals surface area contributed by atoms with Crippen molar-refractivity contribution in [3.8, 4) is 0 Å². The molecule has 0 radical (unpaired) electrons. The zero-order valence-electron chi connectivity index (χ0n) is 12.5. The van der Waals surface area contributed by atoms with Crippen molar-refractivity contribution < 1.29 is 14.6 Å². The molecule has 3 fully saturated rings. The SMILES string of the molecule is COC[C@H]1CN(C)C[C@@]12CCN(C(=O)C1CC(O)C1)C2. The van der Waals surface area contributed by atoms with Gasteiger partial charge in [0.05, 0.1) is 12.7 Å². The van der Waals surface area contributed by atoms with Crippen molar-refractivity contribution in [1.29, 1.82) is 0 Å². The second kappa shape index (κ2) is 5.28. The van der Waals surface area contributed by atoms with E-state index in [2.05, 4.69) is 11.9 Å². The van der Waals surface area contributed by atoms with Crippen LogP contribution in [0.2, 0.25) is 0 Å². The number of aliphatic hydroxyl groups is 1. The van der Waals surface area contributed by atoms with Gasteiger partial charge in [-0.3, -0.25) is 4.79 Å². The second-order valence-corrected chi connectivity index (χ2v) is 7.04. The number of amides is 1. The summed E-state index contributed by atoms with van der Waals surface area (Å²) in [6, 6.07) is 0. The maximum absolute atomic E-state index is 12.4. The summed E-state index contributed by atoms with van der Waals surface area (Å²) in [5.74, 6) is 0.861. The quantitative estimate of drug-likeness (QED) is 0.802. The molecule has 3 rings (SSSR count). The van der Waals surface area contributed by atoms with E-state index in [1.165, 1.54) is 0 Å². The Morgan fingerprint density at radius 3 is 2.80 bits per heavy atom. The third kappa shape index (κ3) is 2.36. The van der Waals surface area contributed by atoms with E-state index >= 15 is 0 Å². The van der Waals surface area contributed by atoms with Gasteiger partial charge in [-0.15, -0.1) is 0 Å². The molecule has 1 aliphatic carbocycles. The Kier molecular flexibility index (Phi) is 3.77. The van der Waals surface area contributed by atoms with Crippen LogP contribution in [-0.2, 0) is 9.53 Å². The molecule has 0 unspecified atom stereocenters. The number of rotatable bonds is 3. The van der Waals surface area contributed by atoms with E-state index in [9.17, 15) is 9.90 Å². The van der Waals surface area contributed by atoms with Crippen LogP contribution < -0.4 is 0 Å². The molecule has 0 aromatic rings. The highest BCUT2D eigenvalue weighted by molar-refractivity contribution is 5.80. The van der Waals surface area contributed by atoms with Crippen LogP contribution in [0.3, 0.4) is 0 Å². The van der Waals surface area contributed by atoms with Crippen molar-refractivity contribution in [2.45, 2.75) is 25.4 Å². The lowest BCUT2D eigenvalue weighted by Gasteiger charge is -2.35. The first-order valence-corrected chi connectivity index (χ1v) is 7.68. The Bertz CT molecular complexity index is 383. The van der Waals surface area contributed by atoms with Crippen molar-refractivity contribution >= 4 is 5.91 Å². The first-order valence-electron chi connectivity index (χ1n) is 7.68. The van der Waals surface area contributed by atoms with E-state index in [1.54, 1.807) is 7.11 Å². The van der Waals surface area contributed by atoms with Crippen LogP contribution in [-0.4, -0.2) is 73.9 Å². The second-order valence-electron chi connectivity index (χ2n) is 7.04. The summed E-state index contributed by atoms with van der Waals surface area (Å²) in [5, 5.41) is 9.37. The molecule has 1 spiro atoms. The topological polar surface area (TPSA) is 53.0 Å². The molecule has 1 N–H and O–H groups in total. The van der Waals surface area contributed by atoms with Gasteiger partial charge in [-0.2, -0.15) is 0 Å². The lowest BCUT2D eigenvalue weighted by atomic mass is 9.77. The molecule has 2 saturated heterocycles. The van der Waals surface area contributed by atoms with Gasteiger partial charge in [-0.1, -0.05) is 0 Å². The van der Waals surface area contributed by atoms with Crippen LogP contribution in [0.1, 0.15) is 19.3 Å². The van der Waals surface area contributed by atoms with Crippen LogP contribution >= 0.6 is 0 Å². The van der Waals surface area contributed by atoms with Gasteiger partial charge in [-0.25, -0.2) is 0 Å². The van der Waals surface area contributed by atoms with Crippen molar-refractivity contribution in [2.75, 3.05) is 46.9 Å². The van der Waals surface area contributed by atoms with E-state index in [4.69, 9.17) is 4.74 Å². The van der Waals surface area contributed by atoms with Crippen LogP contribution in [0.5, 0.6) is 0 Å². The Morgan fingerprint density at radius 2 is 2.15 bits per heavy atom. The molecular formula is C15H26N2O3. The van der Waals surface area contributed by atoms with Gasteiger partial charge >= 0.3 is 0 Å². The maximum atomic E-state index is 12.4. The molecule has 1 saturated carbocycles. The van der Waals surface area contributed by atoms with Gasteiger partial charge in [0.15, 0.2) is 0 Å².